The Morgan fingerprint density at radius 2 is 1.86 bits per heavy atom. The molecule has 0 atom stereocenters. The van der Waals surface area contributed by atoms with Crippen molar-refractivity contribution in [3.05, 3.63) is 59.9 Å². The molecule has 1 saturated heterocycles. The van der Waals surface area contributed by atoms with Crippen molar-refractivity contribution in [2.24, 2.45) is 10.1 Å². The van der Waals surface area contributed by atoms with Crippen LogP contribution in [0.2, 0.25) is 0 Å². The molecule has 9 heteroatoms. The van der Waals surface area contributed by atoms with Gasteiger partial charge in [0.25, 0.3) is 0 Å². The third kappa shape index (κ3) is 5.45. The summed E-state index contributed by atoms with van der Waals surface area (Å²) in [5, 5.41) is 8.48. The number of para-hydroxylation sites is 1. The van der Waals surface area contributed by atoms with Crippen LogP contribution in [-0.2, 0) is 16.6 Å². The van der Waals surface area contributed by atoms with Crippen LogP contribution >= 0.6 is 0 Å². The molecular weight excluding hydrogens is 393 g/mol. The molecule has 1 heterocycles. The molecule has 1 aliphatic rings. The van der Waals surface area contributed by atoms with Crippen LogP contribution in [0.4, 0.5) is 10.1 Å². The SMILES string of the molecule is CCNC(=NCc1cccc(S(N)(=O)=O)c1)N1CCN(c2ccccc2F)CC1. The summed E-state index contributed by atoms with van der Waals surface area (Å²) in [4.78, 5) is 8.89. The number of nitrogens with zero attached hydrogens (tertiary/aromatic N) is 3. The smallest absolute Gasteiger partial charge is 0.238 e. The predicted molar refractivity (Wildman–Crippen MR) is 113 cm³/mol. The van der Waals surface area contributed by atoms with Crippen molar-refractivity contribution in [3.63, 3.8) is 0 Å². The van der Waals surface area contributed by atoms with Gasteiger partial charge in [-0.2, -0.15) is 0 Å². The van der Waals surface area contributed by atoms with E-state index in [9.17, 15) is 12.8 Å². The molecule has 0 spiro atoms. The van der Waals surface area contributed by atoms with E-state index in [0.29, 0.717) is 45.0 Å². The van der Waals surface area contributed by atoms with Crippen molar-refractivity contribution >= 4 is 21.7 Å². The van der Waals surface area contributed by atoms with Gasteiger partial charge in [0.1, 0.15) is 5.82 Å². The van der Waals surface area contributed by atoms with Crippen molar-refractivity contribution in [3.8, 4) is 0 Å². The van der Waals surface area contributed by atoms with Crippen LogP contribution in [0, 0.1) is 5.82 Å². The van der Waals surface area contributed by atoms with Crippen molar-refractivity contribution in [2.45, 2.75) is 18.4 Å². The van der Waals surface area contributed by atoms with Crippen LogP contribution < -0.4 is 15.4 Å². The van der Waals surface area contributed by atoms with Crippen LogP contribution in [-0.4, -0.2) is 52.0 Å². The van der Waals surface area contributed by atoms with Gasteiger partial charge in [0, 0.05) is 32.7 Å². The Balaban J connectivity index is 1.68. The van der Waals surface area contributed by atoms with E-state index in [2.05, 4.69) is 15.2 Å². The number of piperazine rings is 1. The molecule has 29 heavy (non-hydrogen) atoms. The second-order valence-corrected chi connectivity index (χ2v) is 8.35. The van der Waals surface area contributed by atoms with Gasteiger partial charge >= 0.3 is 0 Å². The second kappa shape index (κ2) is 9.23. The monoisotopic (exact) mass is 419 g/mol. The Morgan fingerprint density at radius 3 is 2.52 bits per heavy atom. The highest BCUT2D eigenvalue weighted by Crippen LogP contribution is 2.20. The van der Waals surface area contributed by atoms with E-state index in [1.165, 1.54) is 12.1 Å². The first kappa shape index (κ1) is 21.1. The number of nitrogens with one attached hydrogen (secondary N) is 1. The van der Waals surface area contributed by atoms with E-state index in [1.807, 2.05) is 24.0 Å². The highest BCUT2D eigenvalue weighted by Gasteiger charge is 2.21. The quantitative estimate of drug-likeness (QED) is 0.569. The first-order chi connectivity index (χ1) is 13.9. The Morgan fingerprint density at radius 1 is 1.14 bits per heavy atom. The molecule has 0 saturated carbocycles. The highest BCUT2D eigenvalue weighted by molar-refractivity contribution is 7.89. The van der Waals surface area contributed by atoms with E-state index in [1.54, 1.807) is 24.3 Å². The van der Waals surface area contributed by atoms with Gasteiger partial charge in [0.2, 0.25) is 10.0 Å². The molecule has 3 rings (SSSR count). The topological polar surface area (TPSA) is 91.0 Å². The normalized spacial score (nSPS) is 15.5. The number of nitrogens with two attached hydrogens (primary N) is 1. The zero-order chi connectivity index (χ0) is 20.9. The van der Waals surface area contributed by atoms with Gasteiger partial charge in [-0.3, -0.25) is 0 Å². The molecule has 0 bridgehead atoms. The minimum absolute atomic E-state index is 0.0775. The number of anilines is 1. The van der Waals surface area contributed by atoms with Crippen molar-refractivity contribution < 1.29 is 12.8 Å². The third-order valence-corrected chi connectivity index (χ3v) is 5.66. The molecular formula is C20H26FN5O2S. The average molecular weight is 420 g/mol. The average Bonchev–Trinajstić information content (AvgIpc) is 2.71. The Kier molecular flexibility index (Phi) is 6.71. The molecule has 3 N–H and O–H groups in total. The lowest BCUT2D eigenvalue weighted by Gasteiger charge is -2.37. The molecule has 0 unspecified atom stereocenters. The summed E-state index contributed by atoms with van der Waals surface area (Å²) in [6.07, 6.45) is 0. The molecule has 7 nitrogen and oxygen atoms in total. The molecule has 1 fully saturated rings. The number of primary sulfonamides is 1. The number of guanidine groups is 1. The lowest BCUT2D eigenvalue weighted by atomic mass is 10.2. The van der Waals surface area contributed by atoms with Crippen molar-refractivity contribution in [2.75, 3.05) is 37.6 Å². The number of sulfonamides is 1. The Bertz CT molecular complexity index is 972. The largest absolute Gasteiger partial charge is 0.366 e. The van der Waals surface area contributed by atoms with Gasteiger partial charge in [0.15, 0.2) is 5.96 Å². The van der Waals surface area contributed by atoms with E-state index < -0.39 is 10.0 Å². The lowest BCUT2D eigenvalue weighted by molar-refractivity contribution is 0.370. The summed E-state index contributed by atoms with van der Waals surface area (Å²) in [7, 11) is -3.74. The fraction of sp³-hybridized carbons (Fsp3) is 0.350. The van der Waals surface area contributed by atoms with E-state index in [0.717, 1.165) is 11.5 Å². The van der Waals surface area contributed by atoms with Gasteiger partial charge in [-0.25, -0.2) is 22.9 Å². The zero-order valence-electron chi connectivity index (χ0n) is 16.4. The standard InChI is InChI=1S/C20H26FN5O2S/c1-2-23-20(24-15-16-6-5-7-17(14-16)29(22,27)28)26-12-10-25(11-13-26)19-9-4-3-8-18(19)21/h3-9,14H,2,10-13,15H2,1H3,(H,23,24)(H2,22,27,28). The van der Waals surface area contributed by atoms with Crippen LogP contribution in [0.3, 0.4) is 0 Å². The highest BCUT2D eigenvalue weighted by atomic mass is 32.2. The number of halogens is 1. The third-order valence-electron chi connectivity index (χ3n) is 4.75. The maximum atomic E-state index is 14.0. The summed E-state index contributed by atoms with van der Waals surface area (Å²) in [5.41, 5.74) is 1.38. The van der Waals surface area contributed by atoms with Crippen LogP contribution in [0.25, 0.3) is 0 Å². The fourth-order valence-corrected chi connectivity index (χ4v) is 3.86. The van der Waals surface area contributed by atoms with E-state index in [-0.39, 0.29) is 10.7 Å². The molecule has 2 aromatic carbocycles. The van der Waals surface area contributed by atoms with Crippen LogP contribution in [0.5, 0.6) is 0 Å². The predicted octanol–water partition coefficient (Wildman–Crippen LogP) is 1.76. The zero-order valence-corrected chi connectivity index (χ0v) is 17.2. The van der Waals surface area contributed by atoms with Gasteiger partial charge < -0.3 is 15.1 Å². The molecule has 0 aromatic heterocycles. The van der Waals surface area contributed by atoms with Crippen LogP contribution in [0.15, 0.2) is 58.4 Å². The number of hydrogen-bond donors (Lipinski definition) is 2. The summed E-state index contributed by atoms with van der Waals surface area (Å²) in [5.74, 6) is 0.540. The van der Waals surface area contributed by atoms with Gasteiger partial charge in [0.05, 0.1) is 17.1 Å². The maximum Gasteiger partial charge on any atom is 0.238 e. The number of benzene rings is 2. The number of aliphatic imine (C=N–C) groups is 1. The molecule has 0 aliphatic carbocycles. The second-order valence-electron chi connectivity index (χ2n) is 6.79. The summed E-state index contributed by atoms with van der Waals surface area (Å²) in [6, 6.07) is 13.3. The molecule has 2 aromatic rings. The van der Waals surface area contributed by atoms with Gasteiger partial charge in [-0.05, 0) is 36.8 Å². The van der Waals surface area contributed by atoms with Crippen molar-refractivity contribution in [1.82, 2.24) is 10.2 Å². The fourth-order valence-electron chi connectivity index (χ4n) is 3.28. The van der Waals surface area contributed by atoms with Gasteiger partial charge in [-0.15, -0.1) is 0 Å². The molecule has 0 radical (unpaired) electrons. The minimum atomic E-state index is -3.74. The first-order valence-electron chi connectivity index (χ1n) is 9.53. The summed E-state index contributed by atoms with van der Waals surface area (Å²) < 4.78 is 37.1. The lowest BCUT2D eigenvalue weighted by Crippen LogP contribution is -2.52. The molecule has 0 amide bonds. The minimum Gasteiger partial charge on any atom is -0.366 e. The Hall–Kier alpha value is -2.65. The molecule has 156 valence electrons. The van der Waals surface area contributed by atoms with E-state index in [4.69, 9.17) is 5.14 Å². The maximum absolute atomic E-state index is 14.0. The molecule has 1 aliphatic heterocycles. The first-order valence-corrected chi connectivity index (χ1v) is 11.1. The summed E-state index contributed by atoms with van der Waals surface area (Å²) in [6.45, 7) is 5.82. The van der Waals surface area contributed by atoms with E-state index >= 15 is 0 Å². The summed E-state index contributed by atoms with van der Waals surface area (Å²) >= 11 is 0. The van der Waals surface area contributed by atoms with Crippen molar-refractivity contribution in [1.29, 1.82) is 0 Å². The Labute approximate surface area is 171 Å². The van der Waals surface area contributed by atoms with Gasteiger partial charge in [-0.1, -0.05) is 24.3 Å². The van der Waals surface area contributed by atoms with Crippen LogP contribution in [0.1, 0.15) is 12.5 Å². The number of hydrogen-bond acceptors (Lipinski definition) is 4. The number of rotatable bonds is 5.